The standard InChI is InChI=1S/C22H24N2O6S/c1-24-17-6-5-14(10-21(26)27)30-19(17)12-29-18-7-4-13(9-16(18)22(24)28)23-20(25)11-15-3-2-8-31-15/h2-4,7-9,14,17,19H,5-6,10-12H2,1H3,(H,23,25)(H,26,27)/t14-,17+,19+/m1/s1. The first-order chi connectivity index (χ1) is 14.9. The van der Waals surface area contributed by atoms with Crippen molar-refractivity contribution >= 4 is 34.8 Å². The number of rotatable bonds is 5. The van der Waals surface area contributed by atoms with E-state index in [0.717, 1.165) is 4.88 Å². The molecule has 0 spiro atoms. The van der Waals surface area contributed by atoms with Crippen LogP contribution in [0, 0.1) is 0 Å². The lowest BCUT2D eigenvalue weighted by Crippen LogP contribution is -2.53. The number of fused-ring (bicyclic) bond motifs is 2. The second-order valence-electron chi connectivity index (χ2n) is 7.78. The van der Waals surface area contributed by atoms with Crippen molar-refractivity contribution in [3.63, 3.8) is 0 Å². The Bertz CT molecular complexity index is 976. The van der Waals surface area contributed by atoms with Gasteiger partial charge in [-0.1, -0.05) is 6.07 Å². The van der Waals surface area contributed by atoms with Crippen LogP contribution in [0.15, 0.2) is 35.7 Å². The quantitative estimate of drug-likeness (QED) is 0.735. The number of nitrogens with zero attached hydrogens (tertiary/aromatic N) is 1. The fourth-order valence-electron chi connectivity index (χ4n) is 4.08. The molecule has 1 aromatic heterocycles. The molecule has 8 nitrogen and oxygen atoms in total. The van der Waals surface area contributed by atoms with E-state index < -0.39 is 12.1 Å². The lowest BCUT2D eigenvalue weighted by molar-refractivity contribution is -0.148. The summed E-state index contributed by atoms with van der Waals surface area (Å²) >= 11 is 1.52. The molecule has 3 atom stereocenters. The molecule has 3 heterocycles. The maximum Gasteiger partial charge on any atom is 0.305 e. The van der Waals surface area contributed by atoms with Crippen molar-refractivity contribution in [2.75, 3.05) is 19.0 Å². The Hall–Kier alpha value is -2.91. The molecule has 0 radical (unpaired) electrons. The zero-order valence-electron chi connectivity index (χ0n) is 17.1. The van der Waals surface area contributed by atoms with E-state index in [0.29, 0.717) is 29.8 Å². The van der Waals surface area contributed by atoms with E-state index in [-0.39, 0.29) is 43.4 Å². The predicted molar refractivity (Wildman–Crippen MR) is 115 cm³/mol. The fraction of sp³-hybridized carbons (Fsp3) is 0.409. The molecule has 2 aromatic rings. The molecule has 2 aliphatic heterocycles. The topological polar surface area (TPSA) is 105 Å². The van der Waals surface area contributed by atoms with Crippen LogP contribution in [-0.2, 0) is 20.7 Å². The van der Waals surface area contributed by atoms with E-state index in [1.165, 1.54) is 11.3 Å². The zero-order chi connectivity index (χ0) is 22.0. The molecule has 9 heteroatoms. The number of carboxylic acids is 1. The number of amides is 2. The largest absolute Gasteiger partial charge is 0.490 e. The molecule has 164 valence electrons. The molecule has 0 bridgehead atoms. The molecular formula is C22H24N2O6S. The minimum atomic E-state index is -0.904. The first-order valence-corrected chi connectivity index (χ1v) is 11.0. The maximum absolute atomic E-state index is 13.2. The first kappa shape index (κ1) is 21.3. The monoisotopic (exact) mass is 444 g/mol. The molecule has 31 heavy (non-hydrogen) atoms. The minimum absolute atomic E-state index is 0.0635. The number of aliphatic carboxylic acids is 1. The van der Waals surface area contributed by atoms with Crippen LogP contribution in [-0.4, -0.2) is 59.7 Å². The second-order valence-corrected chi connectivity index (χ2v) is 8.81. The molecule has 4 rings (SSSR count). The Labute approximate surface area is 183 Å². The summed E-state index contributed by atoms with van der Waals surface area (Å²) in [6, 6.07) is 8.60. The smallest absolute Gasteiger partial charge is 0.305 e. The fourth-order valence-corrected chi connectivity index (χ4v) is 4.78. The number of carbonyl (C=O) groups excluding carboxylic acids is 2. The average Bonchev–Trinajstić information content (AvgIpc) is 3.23. The summed E-state index contributed by atoms with van der Waals surface area (Å²) in [5, 5.41) is 13.8. The third-order valence-corrected chi connectivity index (χ3v) is 6.49. The van der Waals surface area contributed by atoms with Crippen LogP contribution in [0.4, 0.5) is 5.69 Å². The summed E-state index contributed by atoms with van der Waals surface area (Å²) in [5.74, 6) is -0.867. The first-order valence-electron chi connectivity index (χ1n) is 10.1. The number of anilines is 1. The Morgan fingerprint density at radius 1 is 1.29 bits per heavy atom. The average molecular weight is 445 g/mol. The lowest BCUT2D eigenvalue weighted by Gasteiger charge is -2.42. The number of hydrogen-bond acceptors (Lipinski definition) is 6. The van der Waals surface area contributed by atoms with Crippen molar-refractivity contribution in [3.05, 3.63) is 46.2 Å². The van der Waals surface area contributed by atoms with Gasteiger partial charge in [-0.3, -0.25) is 14.4 Å². The predicted octanol–water partition coefficient (Wildman–Crippen LogP) is 2.78. The third kappa shape index (κ3) is 4.88. The van der Waals surface area contributed by atoms with E-state index in [9.17, 15) is 14.4 Å². The van der Waals surface area contributed by atoms with Crippen molar-refractivity contribution in [1.29, 1.82) is 0 Å². The van der Waals surface area contributed by atoms with Crippen molar-refractivity contribution in [1.82, 2.24) is 4.90 Å². The number of likely N-dealkylation sites (N-methyl/N-ethyl adjacent to an activating group) is 1. The summed E-state index contributed by atoms with van der Waals surface area (Å²) in [7, 11) is 1.72. The van der Waals surface area contributed by atoms with E-state index in [2.05, 4.69) is 5.32 Å². The van der Waals surface area contributed by atoms with Crippen LogP contribution in [0.5, 0.6) is 5.75 Å². The summed E-state index contributed by atoms with van der Waals surface area (Å²) in [6.45, 7) is 0.218. The number of ether oxygens (including phenoxy) is 2. The Morgan fingerprint density at radius 2 is 2.13 bits per heavy atom. The number of carbonyl (C=O) groups is 3. The van der Waals surface area contributed by atoms with Crippen molar-refractivity contribution < 1.29 is 29.0 Å². The van der Waals surface area contributed by atoms with Crippen LogP contribution < -0.4 is 10.1 Å². The van der Waals surface area contributed by atoms with Gasteiger partial charge < -0.3 is 24.8 Å². The highest BCUT2D eigenvalue weighted by Crippen LogP contribution is 2.32. The molecule has 2 amide bonds. The van der Waals surface area contributed by atoms with Crippen molar-refractivity contribution in [3.8, 4) is 5.75 Å². The van der Waals surface area contributed by atoms with Crippen LogP contribution >= 0.6 is 11.3 Å². The van der Waals surface area contributed by atoms with Gasteiger partial charge in [0.25, 0.3) is 5.91 Å². The molecule has 0 unspecified atom stereocenters. The molecule has 2 aliphatic rings. The van der Waals surface area contributed by atoms with Gasteiger partial charge in [0.15, 0.2) is 0 Å². The Kier molecular flexibility index (Phi) is 6.24. The molecule has 2 N–H and O–H groups in total. The lowest BCUT2D eigenvalue weighted by atomic mass is 9.94. The van der Waals surface area contributed by atoms with Gasteiger partial charge in [-0.25, -0.2) is 0 Å². The van der Waals surface area contributed by atoms with Gasteiger partial charge in [0, 0.05) is 17.6 Å². The Balaban J connectivity index is 1.49. The number of hydrogen-bond donors (Lipinski definition) is 2. The number of thiophene rings is 1. The van der Waals surface area contributed by atoms with Crippen LogP contribution in [0.3, 0.4) is 0 Å². The van der Waals surface area contributed by atoms with E-state index >= 15 is 0 Å². The highest BCUT2D eigenvalue weighted by atomic mass is 32.1. The van der Waals surface area contributed by atoms with Gasteiger partial charge in [-0.05, 0) is 42.5 Å². The number of benzene rings is 1. The summed E-state index contributed by atoms with van der Waals surface area (Å²) in [4.78, 5) is 39.1. The van der Waals surface area contributed by atoms with Crippen LogP contribution in [0.2, 0.25) is 0 Å². The van der Waals surface area contributed by atoms with E-state index in [4.69, 9.17) is 14.6 Å². The summed E-state index contributed by atoms with van der Waals surface area (Å²) in [6.07, 6.45) is 0.636. The molecule has 0 aliphatic carbocycles. The Morgan fingerprint density at radius 3 is 2.87 bits per heavy atom. The van der Waals surface area contributed by atoms with Crippen molar-refractivity contribution in [2.24, 2.45) is 0 Å². The molecule has 1 saturated heterocycles. The van der Waals surface area contributed by atoms with Gasteiger partial charge >= 0.3 is 5.97 Å². The minimum Gasteiger partial charge on any atom is -0.490 e. The zero-order valence-corrected chi connectivity index (χ0v) is 17.9. The molecular weight excluding hydrogens is 420 g/mol. The van der Waals surface area contributed by atoms with E-state index in [1.54, 1.807) is 30.1 Å². The second kappa shape index (κ2) is 9.07. The normalized spacial score (nSPS) is 23.1. The van der Waals surface area contributed by atoms with Gasteiger partial charge in [-0.2, -0.15) is 0 Å². The highest BCUT2D eigenvalue weighted by molar-refractivity contribution is 7.10. The number of carboxylic acid groups (broad SMARTS) is 1. The van der Waals surface area contributed by atoms with Crippen LogP contribution in [0.1, 0.15) is 34.5 Å². The van der Waals surface area contributed by atoms with Gasteiger partial charge in [0.2, 0.25) is 5.91 Å². The van der Waals surface area contributed by atoms with Gasteiger partial charge in [-0.15, -0.1) is 11.3 Å². The van der Waals surface area contributed by atoms with Crippen molar-refractivity contribution in [2.45, 2.75) is 43.9 Å². The molecule has 1 aromatic carbocycles. The summed E-state index contributed by atoms with van der Waals surface area (Å²) in [5.41, 5.74) is 0.909. The maximum atomic E-state index is 13.2. The highest BCUT2D eigenvalue weighted by Gasteiger charge is 2.39. The number of nitrogens with one attached hydrogen (secondary N) is 1. The van der Waals surface area contributed by atoms with Gasteiger partial charge in [0.1, 0.15) is 18.5 Å². The van der Waals surface area contributed by atoms with Gasteiger partial charge in [0.05, 0.1) is 30.6 Å². The third-order valence-electron chi connectivity index (χ3n) is 5.61. The van der Waals surface area contributed by atoms with E-state index in [1.807, 2.05) is 17.5 Å². The van der Waals surface area contributed by atoms with Crippen LogP contribution in [0.25, 0.3) is 0 Å². The molecule has 0 saturated carbocycles. The molecule has 1 fully saturated rings. The summed E-state index contributed by atoms with van der Waals surface area (Å²) < 4.78 is 11.8. The SMILES string of the molecule is CN1C(=O)c2cc(NC(=O)Cc3cccs3)ccc2OC[C@@H]2O[C@@H](CC(=O)O)CC[C@@H]21.